The van der Waals surface area contributed by atoms with E-state index < -0.39 is 0 Å². The summed E-state index contributed by atoms with van der Waals surface area (Å²) in [5.41, 5.74) is 3.23. The monoisotopic (exact) mass is 341 g/mol. The van der Waals surface area contributed by atoms with Crippen molar-refractivity contribution in [2.45, 2.75) is 13.5 Å². The van der Waals surface area contributed by atoms with Gasteiger partial charge in [0.15, 0.2) is 5.78 Å². The van der Waals surface area contributed by atoms with Crippen LogP contribution in [-0.4, -0.2) is 42.6 Å². The van der Waals surface area contributed by atoms with E-state index in [2.05, 4.69) is 22.3 Å². The summed E-state index contributed by atoms with van der Waals surface area (Å²) in [5, 5.41) is 2.90. The van der Waals surface area contributed by atoms with E-state index in [9.17, 15) is 9.59 Å². The van der Waals surface area contributed by atoms with E-state index in [-0.39, 0.29) is 11.7 Å². The molecule has 6 nitrogen and oxygen atoms in total. The predicted molar refractivity (Wildman–Crippen MR) is 96.1 cm³/mol. The number of benzene rings is 1. The molecular formula is C19H23N3O3. The zero-order valence-corrected chi connectivity index (χ0v) is 14.6. The second-order valence-electron chi connectivity index (χ2n) is 6.23. The number of nitrogens with zero attached hydrogens (tertiary/aromatic N) is 2. The largest absolute Gasteiger partial charge is 0.378 e. The fourth-order valence-corrected chi connectivity index (χ4v) is 2.90. The zero-order valence-electron chi connectivity index (χ0n) is 14.6. The maximum atomic E-state index is 12.3. The number of ketones is 1. The topological polar surface area (TPSA) is 63.6 Å². The van der Waals surface area contributed by atoms with E-state index in [1.807, 2.05) is 12.1 Å². The quantitative estimate of drug-likeness (QED) is 0.845. The van der Waals surface area contributed by atoms with Crippen LogP contribution in [0.25, 0.3) is 0 Å². The van der Waals surface area contributed by atoms with Gasteiger partial charge in [-0.05, 0) is 30.7 Å². The molecule has 1 aliphatic heterocycles. The molecule has 1 fully saturated rings. The lowest BCUT2D eigenvalue weighted by Gasteiger charge is -2.28. The van der Waals surface area contributed by atoms with Crippen LogP contribution in [0.1, 0.15) is 33.3 Å². The third-order valence-corrected chi connectivity index (χ3v) is 4.41. The molecule has 25 heavy (non-hydrogen) atoms. The Hall–Kier alpha value is -2.60. The van der Waals surface area contributed by atoms with E-state index in [1.54, 1.807) is 23.9 Å². The Labute approximate surface area is 147 Å². The molecule has 6 heteroatoms. The molecule has 2 heterocycles. The van der Waals surface area contributed by atoms with E-state index >= 15 is 0 Å². The molecule has 0 unspecified atom stereocenters. The number of amides is 1. The molecule has 2 aromatic rings. The van der Waals surface area contributed by atoms with Gasteiger partial charge in [-0.15, -0.1) is 0 Å². The van der Waals surface area contributed by atoms with Gasteiger partial charge in [-0.2, -0.15) is 0 Å². The van der Waals surface area contributed by atoms with Crippen LogP contribution in [0.4, 0.5) is 5.69 Å². The van der Waals surface area contributed by atoms with Crippen LogP contribution in [0.2, 0.25) is 0 Å². The third kappa shape index (κ3) is 4.09. The Morgan fingerprint density at radius 2 is 1.84 bits per heavy atom. The second kappa shape index (κ2) is 7.53. The lowest BCUT2D eigenvalue weighted by molar-refractivity contribution is 0.0942. The first-order valence-corrected chi connectivity index (χ1v) is 8.42. The van der Waals surface area contributed by atoms with Gasteiger partial charge in [0.25, 0.3) is 5.91 Å². The highest BCUT2D eigenvalue weighted by Gasteiger charge is 2.14. The lowest BCUT2D eigenvalue weighted by Crippen LogP contribution is -2.36. The maximum absolute atomic E-state index is 12.3. The average molecular weight is 341 g/mol. The number of aryl methyl sites for hydroxylation is 1. The highest BCUT2D eigenvalue weighted by atomic mass is 16.5. The third-order valence-electron chi connectivity index (χ3n) is 4.41. The number of ether oxygens (including phenoxy) is 1. The number of morpholine rings is 1. The van der Waals surface area contributed by atoms with Crippen molar-refractivity contribution in [3.63, 3.8) is 0 Å². The van der Waals surface area contributed by atoms with Crippen LogP contribution in [-0.2, 0) is 18.3 Å². The van der Waals surface area contributed by atoms with Crippen molar-refractivity contribution in [1.82, 2.24) is 9.88 Å². The molecule has 1 aliphatic rings. The van der Waals surface area contributed by atoms with Crippen molar-refractivity contribution in [1.29, 1.82) is 0 Å². The van der Waals surface area contributed by atoms with Crippen molar-refractivity contribution in [3.8, 4) is 0 Å². The molecule has 1 N–H and O–H groups in total. The minimum absolute atomic E-state index is 0.0478. The van der Waals surface area contributed by atoms with Crippen molar-refractivity contribution >= 4 is 17.4 Å². The Bertz CT molecular complexity index is 759. The first kappa shape index (κ1) is 17.2. The number of anilines is 1. The van der Waals surface area contributed by atoms with Gasteiger partial charge in [-0.3, -0.25) is 9.59 Å². The average Bonchev–Trinajstić information content (AvgIpc) is 3.03. The van der Waals surface area contributed by atoms with Crippen LogP contribution in [0.15, 0.2) is 36.5 Å². The normalized spacial score (nSPS) is 14.4. The summed E-state index contributed by atoms with van der Waals surface area (Å²) >= 11 is 0. The molecule has 1 aromatic carbocycles. The molecule has 1 saturated heterocycles. The van der Waals surface area contributed by atoms with E-state index in [1.165, 1.54) is 12.6 Å². The number of aromatic nitrogens is 1. The lowest BCUT2D eigenvalue weighted by atomic mass is 10.2. The summed E-state index contributed by atoms with van der Waals surface area (Å²) in [4.78, 5) is 26.0. The SMILES string of the molecule is CC(=O)c1cc(C(=O)NCc2ccc(N3CCOCC3)cc2)n(C)c1. The van der Waals surface area contributed by atoms with Gasteiger partial charge in [0.1, 0.15) is 5.69 Å². The molecule has 3 rings (SSSR count). The number of hydrogen-bond acceptors (Lipinski definition) is 4. The highest BCUT2D eigenvalue weighted by Crippen LogP contribution is 2.17. The van der Waals surface area contributed by atoms with Gasteiger partial charge < -0.3 is 19.5 Å². The summed E-state index contributed by atoms with van der Waals surface area (Å²) in [5.74, 6) is -0.236. The number of carbonyl (C=O) groups is 2. The number of nitrogens with one attached hydrogen (secondary N) is 1. The first-order chi connectivity index (χ1) is 12.0. The molecule has 0 aliphatic carbocycles. The van der Waals surface area contributed by atoms with E-state index in [0.717, 1.165) is 31.9 Å². The van der Waals surface area contributed by atoms with Gasteiger partial charge in [0.2, 0.25) is 0 Å². The van der Waals surface area contributed by atoms with E-state index in [0.29, 0.717) is 17.8 Å². The summed E-state index contributed by atoms with van der Waals surface area (Å²) < 4.78 is 7.04. The summed E-state index contributed by atoms with van der Waals surface area (Å²) in [7, 11) is 1.76. The minimum Gasteiger partial charge on any atom is -0.378 e. The molecule has 1 amide bonds. The molecule has 0 spiro atoms. The highest BCUT2D eigenvalue weighted by molar-refractivity contribution is 5.99. The number of hydrogen-bond donors (Lipinski definition) is 1. The molecule has 0 saturated carbocycles. The number of rotatable bonds is 5. The van der Waals surface area contributed by atoms with Gasteiger partial charge in [0, 0.05) is 44.1 Å². The first-order valence-electron chi connectivity index (χ1n) is 8.42. The van der Waals surface area contributed by atoms with Crippen LogP contribution in [0, 0.1) is 0 Å². The maximum Gasteiger partial charge on any atom is 0.268 e. The predicted octanol–water partition coefficient (Wildman–Crippen LogP) is 1.99. The number of Topliss-reactive ketones (excluding diaryl/α,β-unsaturated/α-hetero) is 1. The molecular weight excluding hydrogens is 318 g/mol. The molecule has 1 aromatic heterocycles. The fourth-order valence-electron chi connectivity index (χ4n) is 2.90. The summed E-state index contributed by atoms with van der Waals surface area (Å²) in [6.07, 6.45) is 1.67. The standard InChI is InChI=1S/C19H23N3O3/c1-14(23)16-11-18(21(2)13-16)19(24)20-12-15-3-5-17(6-4-15)22-7-9-25-10-8-22/h3-6,11,13H,7-10,12H2,1-2H3,(H,20,24). The van der Waals surface area contributed by atoms with Crippen molar-refractivity contribution in [2.75, 3.05) is 31.2 Å². The van der Waals surface area contributed by atoms with Crippen molar-refractivity contribution < 1.29 is 14.3 Å². The molecule has 0 bridgehead atoms. The summed E-state index contributed by atoms with van der Waals surface area (Å²) in [6.45, 7) is 5.27. The van der Waals surface area contributed by atoms with Crippen LogP contribution >= 0.6 is 0 Å². The second-order valence-corrected chi connectivity index (χ2v) is 6.23. The Balaban J connectivity index is 1.59. The van der Waals surface area contributed by atoms with Gasteiger partial charge in [-0.25, -0.2) is 0 Å². The van der Waals surface area contributed by atoms with Gasteiger partial charge in [0.05, 0.1) is 13.2 Å². The Kier molecular flexibility index (Phi) is 5.19. The minimum atomic E-state index is -0.188. The number of carbonyl (C=O) groups excluding carboxylic acids is 2. The van der Waals surface area contributed by atoms with Gasteiger partial charge >= 0.3 is 0 Å². The van der Waals surface area contributed by atoms with Crippen molar-refractivity contribution in [3.05, 3.63) is 53.3 Å². The van der Waals surface area contributed by atoms with Crippen LogP contribution < -0.4 is 10.2 Å². The molecule has 132 valence electrons. The summed E-state index contributed by atoms with van der Waals surface area (Å²) in [6, 6.07) is 9.82. The van der Waals surface area contributed by atoms with E-state index in [4.69, 9.17) is 4.74 Å². The zero-order chi connectivity index (χ0) is 17.8. The molecule has 0 atom stereocenters. The molecule has 0 radical (unpaired) electrons. The Morgan fingerprint density at radius 3 is 2.44 bits per heavy atom. The van der Waals surface area contributed by atoms with Crippen molar-refractivity contribution in [2.24, 2.45) is 7.05 Å². The van der Waals surface area contributed by atoms with Crippen LogP contribution in [0.5, 0.6) is 0 Å². The Morgan fingerprint density at radius 1 is 1.16 bits per heavy atom. The smallest absolute Gasteiger partial charge is 0.268 e. The van der Waals surface area contributed by atoms with Crippen LogP contribution in [0.3, 0.4) is 0 Å². The fraction of sp³-hybridized carbons (Fsp3) is 0.368. The van der Waals surface area contributed by atoms with Gasteiger partial charge in [-0.1, -0.05) is 12.1 Å².